The van der Waals surface area contributed by atoms with Gasteiger partial charge in [-0.05, 0) is 58.0 Å². The minimum Gasteiger partial charge on any atom is -0.444 e. The van der Waals surface area contributed by atoms with Gasteiger partial charge in [0.15, 0.2) is 0 Å². The molecule has 3 rings (SSSR count). The molecule has 1 N–H and O–H groups in total. The molecule has 1 amide bonds. The Morgan fingerprint density at radius 2 is 1.93 bits per heavy atom. The number of benzene rings is 2. The molecule has 0 saturated heterocycles. The highest BCUT2D eigenvalue weighted by atomic mass is 16.6. The van der Waals surface area contributed by atoms with Gasteiger partial charge in [-0.3, -0.25) is 4.57 Å². The number of fused-ring (bicyclic) bond motifs is 1. The summed E-state index contributed by atoms with van der Waals surface area (Å²) in [6.45, 7) is 7.31. The minimum atomic E-state index is -0.578. The van der Waals surface area contributed by atoms with E-state index in [1.54, 1.807) is 12.1 Å². The first-order valence-corrected chi connectivity index (χ1v) is 8.76. The fourth-order valence-electron chi connectivity index (χ4n) is 2.85. The Hall–Kier alpha value is -3.33. The SMILES string of the molecule is CC(NC(=O)OC(C)(C)C)c1nc2ccc(C#N)cc2n1-c1ccccc1. The van der Waals surface area contributed by atoms with Crippen molar-refractivity contribution < 1.29 is 9.53 Å². The van der Waals surface area contributed by atoms with Gasteiger partial charge in [0.25, 0.3) is 0 Å². The molecule has 6 nitrogen and oxygen atoms in total. The van der Waals surface area contributed by atoms with Gasteiger partial charge in [0, 0.05) is 5.69 Å². The predicted molar refractivity (Wildman–Crippen MR) is 104 cm³/mol. The molecule has 6 heteroatoms. The molecular weight excluding hydrogens is 340 g/mol. The second-order valence-electron chi connectivity index (χ2n) is 7.32. The number of para-hydroxylation sites is 1. The first kappa shape index (κ1) is 18.5. The van der Waals surface area contributed by atoms with Crippen LogP contribution in [0.15, 0.2) is 48.5 Å². The smallest absolute Gasteiger partial charge is 0.408 e. The summed E-state index contributed by atoms with van der Waals surface area (Å²) in [4.78, 5) is 16.9. The summed E-state index contributed by atoms with van der Waals surface area (Å²) in [6.07, 6.45) is -0.501. The minimum absolute atomic E-state index is 0.391. The molecule has 0 fully saturated rings. The molecule has 0 radical (unpaired) electrons. The molecule has 0 aliphatic rings. The van der Waals surface area contributed by atoms with Crippen LogP contribution >= 0.6 is 0 Å². The van der Waals surface area contributed by atoms with Crippen LogP contribution in [0, 0.1) is 11.3 Å². The number of carbonyl (C=O) groups is 1. The Morgan fingerprint density at radius 1 is 1.22 bits per heavy atom. The van der Waals surface area contributed by atoms with E-state index < -0.39 is 17.7 Å². The number of aromatic nitrogens is 2. The number of hydrogen-bond acceptors (Lipinski definition) is 4. The molecule has 2 aromatic carbocycles. The number of nitriles is 1. The molecule has 0 bridgehead atoms. The standard InChI is InChI=1S/C21H22N4O2/c1-14(23-20(26)27-21(2,3)4)19-24-17-11-10-15(13-22)12-18(17)25(19)16-8-6-5-7-9-16/h5-12,14H,1-4H3,(H,23,26). The van der Waals surface area contributed by atoms with Crippen molar-refractivity contribution in [3.05, 3.63) is 59.9 Å². The molecule has 0 aliphatic heterocycles. The van der Waals surface area contributed by atoms with E-state index in [1.807, 2.05) is 68.7 Å². The maximum absolute atomic E-state index is 12.2. The van der Waals surface area contributed by atoms with Gasteiger partial charge < -0.3 is 10.1 Å². The van der Waals surface area contributed by atoms with Crippen LogP contribution in [0.4, 0.5) is 4.79 Å². The topological polar surface area (TPSA) is 79.9 Å². The highest BCUT2D eigenvalue weighted by Gasteiger charge is 2.23. The summed E-state index contributed by atoms with van der Waals surface area (Å²) in [6, 6.07) is 16.9. The molecule has 0 saturated carbocycles. The van der Waals surface area contributed by atoms with Crippen LogP contribution in [0.3, 0.4) is 0 Å². The lowest BCUT2D eigenvalue weighted by Crippen LogP contribution is -2.34. The highest BCUT2D eigenvalue weighted by molar-refractivity contribution is 5.80. The number of rotatable bonds is 3. The van der Waals surface area contributed by atoms with E-state index in [1.165, 1.54) is 0 Å². The average Bonchev–Trinajstić information content (AvgIpc) is 2.99. The second kappa shape index (κ2) is 7.12. The number of ether oxygens (including phenoxy) is 1. The Labute approximate surface area is 158 Å². The Bertz CT molecular complexity index is 1010. The number of amides is 1. The van der Waals surface area contributed by atoms with Crippen molar-refractivity contribution in [1.29, 1.82) is 5.26 Å². The normalized spacial score (nSPS) is 12.4. The fourth-order valence-corrected chi connectivity index (χ4v) is 2.85. The zero-order chi connectivity index (χ0) is 19.6. The molecule has 3 aromatic rings. The Balaban J connectivity index is 2.07. The maximum Gasteiger partial charge on any atom is 0.408 e. The van der Waals surface area contributed by atoms with Gasteiger partial charge in [-0.25, -0.2) is 9.78 Å². The third-order valence-electron chi connectivity index (χ3n) is 3.94. The van der Waals surface area contributed by atoms with Crippen LogP contribution in [-0.4, -0.2) is 21.2 Å². The number of alkyl carbamates (subject to hydrolysis) is 1. The lowest BCUT2D eigenvalue weighted by molar-refractivity contribution is 0.0505. The quantitative estimate of drug-likeness (QED) is 0.745. The van der Waals surface area contributed by atoms with Gasteiger partial charge >= 0.3 is 6.09 Å². The van der Waals surface area contributed by atoms with Crippen LogP contribution in [-0.2, 0) is 4.74 Å². The van der Waals surface area contributed by atoms with E-state index in [4.69, 9.17) is 9.72 Å². The summed E-state index contributed by atoms with van der Waals surface area (Å²) < 4.78 is 7.31. The van der Waals surface area contributed by atoms with E-state index in [9.17, 15) is 10.1 Å². The molecule has 138 valence electrons. The van der Waals surface area contributed by atoms with Crippen molar-refractivity contribution in [2.45, 2.75) is 39.3 Å². The molecule has 0 spiro atoms. The zero-order valence-corrected chi connectivity index (χ0v) is 15.9. The molecule has 27 heavy (non-hydrogen) atoms. The summed E-state index contributed by atoms with van der Waals surface area (Å²) in [5, 5.41) is 12.1. The fraction of sp³-hybridized carbons (Fsp3) is 0.286. The molecular formula is C21H22N4O2. The van der Waals surface area contributed by atoms with Gasteiger partial charge in [-0.1, -0.05) is 18.2 Å². The van der Waals surface area contributed by atoms with Crippen molar-refractivity contribution in [1.82, 2.24) is 14.9 Å². The summed E-state index contributed by atoms with van der Waals surface area (Å²) in [5.74, 6) is 0.664. The molecule has 1 atom stereocenters. The average molecular weight is 362 g/mol. The zero-order valence-electron chi connectivity index (χ0n) is 15.9. The lowest BCUT2D eigenvalue weighted by atomic mass is 10.2. The van der Waals surface area contributed by atoms with E-state index in [0.717, 1.165) is 16.7 Å². The molecule has 1 heterocycles. The van der Waals surface area contributed by atoms with Crippen LogP contribution < -0.4 is 5.32 Å². The highest BCUT2D eigenvalue weighted by Crippen LogP contribution is 2.26. The van der Waals surface area contributed by atoms with Crippen molar-refractivity contribution >= 4 is 17.1 Å². The van der Waals surface area contributed by atoms with Crippen molar-refractivity contribution in [2.24, 2.45) is 0 Å². The largest absolute Gasteiger partial charge is 0.444 e. The van der Waals surface area contributed by atoms with E-state index in [0.29, 0.717) is 11.4 Å². The van der Waals surface area contributed by atoms with Crippen LogP contribution in [0.1, 0.15) is 45.1 Å². The summed E-state index contributed by atoms with van der Waals surface area (Å²) in [5.41, 5.74) is 2.45. The van der Waals surface area contributed by atoms with Gasteiger partial charge in [-0.2, -0.15) is 5.26 Å². The Morgan fingerprint density at radius 3 is 2.56 bits per heavy atom. The predicted octanol–water partition coefficient (Wildman–Crippen LogP) is 4.48. The van der Waals surface area contributed by atoms with E-state index in [-0.39, 0.29) is 0 Å². The third kappa shape index (κ3) is 4.09. The summed E-state index contributed by atoms with van der Waals surface area (Å²) >= 11 is 0. The number of imidazole rings is 1. The van der Waals surface area contributed by atoms with E-state index in [2.05, 4.69) is 11.4 Å². The van der Waals surface area contributed by atoms with Crippen LogP contribution in [0.25, 0.3) is 16.7 Å². The summed E-state index contributed by atoms with van der Waals surface area (Å²) in [7, 11) is 0. The van der Waals surface area contributed by atoms with Gasteiger partial charge in [0.05, 0.1) is 28.7 Å². The first-order valence-electron chi connectivity index (χ1n) is 8.76. The Kier molecular flexibility index (Phi) is 4.87. The van der Waals surface area contributed by atoms with Gasteiger partial charge in [0.1, 0.15) is 11.4 Å². The van der Waals surface area contributed by atoms with E-state index >= 15 is 0 Å². The van der Waals surface area contributed by atoms with Gasteiger partial charge in [-0.15, -0.1) is 0 Å². The first-order chi connectivity index (χ1) is 12.8. The molecule has 1 aromatic heterocycles. The maximum atomic E-state index is 12.2. The molecule has 1 unspecified atom stereocenters. The number of hydrogen-bond donors (Lipinski definition) is 1. The van der Waals surface area contributed by atoms with Crippen molar-refractivity contribution in [3.63, 3.8) is 0 Å². The third-order valence-corrected chi connectivity index (χ3v) is 3.94. The monoisotopic (exact) mass is 362 g/mol. The van der Waals surface area contributed by atoms with Crippen molar-refractivity contribution in [3.8, 4) is 11.8 Å². The lowest BCUT2D eigenvalue weighted by Gasteiger charge is -2.22. The van der Waals surface area contributed by atoms with Crippen molar-refractivity contribution in [2.75, 3.05) is 0 Å². The van der Waals surface area contributed by atoms with Crippen LogP contribution in [0.2, 0.25) is 0 Å². The second-order valence-corrected chi connectivity index (χ2v) is 7.32. The van der Waals surface area contributed by atoms with Crippen LogP contribution in [0.5, 0.6) is 0 Å². The number of nitrogens with zero attached hydrogens (tertiary/aromatic N) is 3. The number of nitrogens with one attached hydrogen (secondary N) is 1. The number of carbonyl (C=O) groups excluding carboxylic acids is 1. The molecule has 0 aliphatic carbocycles. The van der Waals surface area contributed by atoms with Gasteiger partial charge in [0.2, 0.25) is 0 Å².